The zero-order valence-electron chi connectivity index (χ0n) is 12.5. The Balaban J connectivity index is 0.000000299. The predicted octanol–water partition coefficient (Wildman–Crippen LogP) is 4.61. The number of pyridine rings is 1. The standard InChI is InChI=1S/C12H10ClN3O.C5H10/c1-3-5-7(4-2)10-8(13)6-9-11(15-10)16-12(17)14-9;1-2-4-5-3-1/h3-6H,1-2H2,(H2,14,15,16,17);1-5H2/b7-5+;. The van der Waals surface area contributed by atoms with Gasteiger partial charge in [-0.05, 0) is 6.07 Å². The average Bonchev–Trinajstić information content (AvgIpc) is 3.16. The van der Waals surface area contributed by atoms with Crippen molar-refractivity contribution in [1.29, 1.82) is 0 Å². The molecule has 4 nitrogen and oxygen atoms in total. The predicted molar refractivity (Wildman–Crippen MR) is 93.2 cm³/mol. The van der Waals surface area contributed by atoms with E-state index in [0.29, 0.717) is 21.9 Å². The van der Waals surface area contributed by atoms with Gasteiger partial charge >= 0.3 is 5.69 Å². The molecule has 2 heterocycles. The Hall–Kier alpha value is -2.07. The highest BCUT2D eigenvalue weighted by atomic mass is 35.5. The second-order valence-corrected chi connectivity index (χ2v) is 5.53. The summed E-state index contributed by atoms with van der Waals surface area (Å²) in [6, 6.07) is 1.65. The highest BCUT2D eigenvalue weighted by Gasteiger charge is 2.09. The van der Waals surface area contributed by atoms with Crippen LogP contribution in [0.2, 0.25) is 5.02 Å². The Morgan fingerprint density at radius 3 is 2.36 bits per heavy atom. The fraction of sp³-hybridized carbons (Fsp3) is 0.294. The summed E-state index contributed by atoms with van der Waals surface area (Å²) >= 11 is 6.10. The van der Waals surface area contributed by atoms with Gasteiger partial charge in [0.1, 0.15) is 0 Å². The molecule has 1 fully saturated rings. The van der Waals surface area contributed by atoms with Gasteiger partial charge in [-0.3, -0.25) is 4.98 Å². The lowest BCUT2D eigenvalue weighted by atomic mass is 10.1. The van der Waals surface area contributed by atoms with Crippen molar-refractivity contribution in [2.75, 3.05) is 0 Å². The summed E-state index contributed by atoms with van der Waals surface area (Å²) in [6.45, 7) is 7.30. The van der Waals surface area contributed by atoms with Gasteiger partial charge < -0.3 is 4.98 Å². The second-order valence-electron chi connectivity index (χ2n) is 5.12. The van der Waals surface area contributed by atoms with Crippen LogP contribution in [0.15, 0.2) is 42.2 Å². The molecule has 0 amide bonds. The molecule has 0 radical (unpaired) electrons. The van der Waals surface area contributed by atoms with E-state index in [1.54, 1.807) is 24.3 Å². The molecule has 0 saturated heterocycles. The van der Waals surface area contributed by atoms with E-state index in [4.69, 9.17) is 11.6 Å². The summed E-state index contributed by atoms with van der Waals surface area (Å²) in [6.07, 6.45) is 12.5. The van der Waals surface area contributed by atoms with E-state index in [1.165, 1.54) is 32.1 Å². The molecule has 1 aliphatic carbocycles. The summed E-state index contributed by atoms with van der Waals surface area (Å²) in [7, 11) is 0. The first kappa shape index (κ1) is 16.3. The molecular formula is C17H20ClN3O. The largest absolute Gasteiger partial charge is 0.325 e. The number of fused-ring (bicyclic) bond motifs is 1. The number of aromatic nitrogens is 3. The smallest absolute Gasteiger partial charge is 0.304 e. The number of nitrogens with one attached hydrogen (secondary N) is 2. The molecule has 116 valence electrons. The van der Waals surface area contributed by atoms with Gasteiger partial charge in [-0.25, -0.2) is 9.78 Å². The maximum Gasteiger partial charge on any atom is 0.325 e. The van der Waals surface area contributed by atoms with Crippen LogP contribution in [0.5, 0.6) is 0 Å². The van der Waals surface area contributed by atoms with E-state index < -0.39 is 0 Å². The zero-order chi connectivity index (χ0) is 15.9. The van der Waals surface area contributed by atoms with E-state index in [2.05, 4.69) is 28.1 Å². The molecule has 1 aliphatic rings. The minimum atomic E-state index is -0.312. The molecule has 0 spiro atoms. The van der Waals surface area contributed by atoms with Gasteiger partial charge in [0.2, 0.25) is 0 Å². The molecule has 3 rings (SSSR count). The number of hydrogen-bond donors (Lipinski definition) is 2. The Morgan fingerprint density at radius 1 is 1.18 bits per heavy atom. The Bertz CT molecular complexity index is 743. The van der Waals surface area contributed by atoms with Crippen molar-refractivity contribution in [3.05, 3.63) is 58.7 Å². The van der Waals surface area contributed by atoms with Gasteiger partial charge in [0.15, 0.2) is 5.65 Å². The van der Waals surface area contributed by atoms with E-state index in [-0.39, 0.29) is 5.69 Å². The molecule has 0 aromatic carbocycles. The van der Waals surface area contributed by atoms with Crippen molar-refractivity contribution >= 4 is 28.3 Å². The maximum absolute atomic E-state index is 11.1. The molecule has 1 saturated carbocycles. The van der Waals surface area contributed by atoms with Crippen molar-refractivity contribution in [2.24, 2.45) is 0 Å². The van der Waals surface area contributed by atoms with Gasteiger partial charge in [-0.15, -0.1) is 0 Å². The number of imidazole rings is 1. The van der Waals surface area contributed by atoms with E-state index in [0.717, 1.165) is 5.57 Å². The monoisotopic (exact) mass is 317 g/mol. The number of hydrogen-bond acceptors (Lipinski definition) is 2. The molecule has 2 aromatic rings. The lowest BCUT2D eigenvalue weighted by molar-refractivity contribution is 0.886. The van der Waals surface area contributed by atoms with E-state index in [1.807, 2.05) is 0 Å². The Kier molecular flexibility index (Phi) is 5.78. The number of allylic oxidation sites excluding steroid dienone is 4. The van der Waals surface area contributed by atoms with Crippen LogP contribution in [-0.4, -0.2) is 15.0 Å². The number of halogens is 1. The Morgan fingerprint density at radius 2 is 1.82 bits per heavy atom. The van der Waals surface area contributed by atoms with Crippen LogP contribution in [0.1, 0.15) is 37.8 Å². The summed E-state index contributed by atoms with van der Waals surface area (Å²) < 4.78 is 0. The summed E-state index contributed by atoms with van der Waals surface area (Å²) in [5, 5.41) is 0.445. The normalized spacial score (nSPS) is 14.5. The lowest BCUT2D eigenvalue weighted by Crippen LogP contribution is -1.99. The van der Waals surface area contributed by atoms with Crippen LogP contribution in [-0.2, 0) is 0 Å². The lowest BCUT2D eigenvalue weighted by Gasteiger charge is -2.03. The maximum atomic E-state index is 11.1. The molecule has 0 atom stereocenters. The third-order valence-corrected chi connectivity index (χ3v) is 3.79. The second kappa shape index (κ2) is 7.80. The van der Waals surface area contributed by atoms with Crippen molar-refractivity contribution in [3.8, 4) is 0 Å². The first-order valence-corrected chi connectivity index (χ1v) is 7.77. The third kappa shape index (κ3) is 3.98. The molecule has 2 aromatic heterocycles. The highest BCUT2D eigenvalue weighted by molar-refractivity contribution is 6.32. The zero-order valence-corrected chi connectivity index (χ0v) is 13.2. The number of aromatic amines is 2. The van der Waals surface area contributed by atoms with Crippen molar-refractivity contribution in [3.63, 3.8) is 0 Å². The van der Waals surface area contributed by atoms with Crippen molar-refractivity contribution < 1.29 is 0 Å². The number of nitrogens with zero attached hydrogens (tertiary/aromatic N) is 1. The summed E-state index contributed by atoms with van der Waals surface area (Å²) in [4.78, 5) is 20.6. The fourth-order valence-electron chi connectivity index (χ4n) is 2.40. The van der Waals surface area contributed by atoms with Crippen molar-refractivity contribution in [1.82, 2.24) is 15.0 Å². The van der Waals surface area contributed by atoms with Gasteiger partial charge in [-0.2, -0.15) is 0 Å². The molecule has 22 heavy (non-hydrogen) atoms. The minimum absolute atomic E-state index is 0.312. The van der Waals surface area contributed by atoms with Crippen LogP contribution >= 0.6 is 11.6 Å². The molecule has 0 bridgehead atoms. The van der Waals surface area contributed by atoms with E-state index >= 15 is 0 Å². The molecule has 0 aliphatic heterocycles. The van der Waals surface area contributed by atoms with Crippen LogP contribution in [0, 0.1) is 0 Å². The van der Waals surface area contributed by atoms with Crippen LogP contribution in [0.3, 0.4) is 0 Å². The SMILES string of the molecule is C1CCCC1.C=C/C=C(\C=C)c1nc2[nH]c(=O)[nH]c2cc1Cl. The average molecular weight is 318 g/mol. The summed E-state index contributed by atoms with van der Waals surface area (Å²) in [5.74, 6) is 0. The van der Waals surface area contributed by atoms with Gasteiger partial charge in [0.25, 0.3) is 0 Å². The van der Waals surface area contributed by atoms with Crippen LogP contribution in [0.25, 0.3) is 16.7 Å². The van der Waals surface area contributed by atoms with Gasteiger partial charge in [0, 0.05) is 5.57 Å². The van der Waals surface area contributed by atoms with Crippen LogP contribution in [0.4, 0.5) is 0 Å². The van der Waals surface area contributed by atoms with Gasteiger partial charge in [-0.1, -0.05) is 75.1 Å². The minimum Gasteiger partial charge on any atom is -0.304 e. The fourth-order valence-corrected chi connectivity index (χ4v) is 2.66. The molecule has 2 N–H and O–H groups in total. The van der Waals surface area contributed by atoms with Crippen LogP contribution < -0.4 is 5.69 Å². The van der Waals surface area contributed by atoms with Crippen molar-refractivity contribution in [2.45, 2.75) is 32.1 Å². The quantitative estimate of drug-likeness (QED) is 0.812. The van der Waals surface area contributed by atoms with Gasteiger partial charge in [0.05, 0.1) is 16.2 Å². The third-order valence-electron chi connectivity index (χ3n) is 3.50. The number of H-pyrrole nitrogens is 2. The Labute approximate surface area is 134 Å². The van der Waals surface area contributed by atoms with E-state index in [9.17, 15) is 4.79 Å². The molecule has 0 unspecified atom stereocenters. The number of rotatable bonds is 3. The highest BCUT2D eigenvalue weighted by Crippen LogP contribution is 2.25. The topological polar surface area (TPSA) is 61.5 Å². The molecule has 5 heteroatoms. The molecular weight excluding hydrogens is 298 g/mol. The summed E-state index contributed by atoms with van der Waals surface area (Å²) in [5.41, 5.74) is 2.03. The first-order chi connectivity index (χ1) is 10.7. The first-order valence-electron chi connectivity index (χ1n) is 7.39.